The minimum atomic E-state index is 0.786. The Labute approximate surface area is 55.1 Å². The number of aliphatic imine (C=N–C) groups is 1. The number of hydrogen-bond acceptors (Lipinski definition) is 1. The Morgan fingerprint density at radius 3 is 3.33 bits per heavy atom. The summed E-state index contributed by atoms with van der Waals surface area (Å²) in [5.41, 5.74) is 1.12. The van der Waals surface area contributed by atoms with Gasteiger partial charge in [-0.2, -0.15) is 0 Å². The van der Waals surface area contributed by atoms with Crippen LogP contribution in [0.5, 0.6) is 0 Å². The van der Waals surface area contributed by atoms with Crippen molar-refractivity contribution in [3.63, 3.8) is 0 Å². The van der Waals surface area contributed by atoms with E-state index in [9.17, 15) is 0 Å². The van der Waals surface area contributed by atoms with Crippen molar-refractivity contribution in [1.29, 1.82) is 0 Å². The zero-order chi connectivity index (χ0) is 6.53. The van der Waals surface area contributed by atoms with Gasteiger partial charge < -0.3 is 0 Å². The highest BCUT2D eigenvalue weighted by atomic mass is 14.7. The van der Waals surface area contributed by atoms with Crippen molar-refractivity contribution < 1.29 is 0 Å². The first-order valence-electron chi connectivity index (χ1n) is 2.92. The van der Waals surface area contributed by atoms with Crippen molar-refractivity contribution in [3.05, 3.63) is 36.5 Å². The number of allylic oxidation sites excluding steroid dienone is 4. The molecule has 0 unspecified atom stereocenters. The van der Waals surface area contributed by atoms with Gasteiger partial charge in [0.1, 0.15) is 0 Å². The summed E-state index contributed by atoms with van der Waals surface area (Å²) in [6.45, 7) is 4.43. The van der Waals surface area contributed by atoms with E-state index in [1.165, 1.54) is 0 Å². The smallest absolute Gasteiger partial charge is 0.0573 e. The maximum Gasteiger partial charge on any atom is 0.0573 e. The van der Waals surface area contributed by atoms with Crippen molar-refractivity contribution in [1.82, 2.24) is 0 Å². The van der Waals surface area contributed by atoms with Crippen molar-refractivity contribution in [2.75, 3.05) is 6.54 Å². The first kappa shape index (κ1) is 6.02. The Kier molecular flexibility index (Phi) is 2.02. The molecule has 1 rings (SSSR count). The Bertz CT molecular complexity index is 185. The topological polar surface area (TPSA) is 12.4 Å². The van der Waals surface area contributed by atoms with E-state index in [1.54, 1.807) is 6.21 Å². The van der Waals surface area contributed by atoms with Crippen LogP contribution in [-0.4, -0.2) is 12.8 Å². The zero-order valence-corrected chi connectivity index (χ0v) is 5.25. The molecule has 0 aromatic rings. The van der Waals surface area contributed by atoms with Crippen molar-refractivity contribution in [2.45, 2.75) is 0 Å². The Balaban J connectivity index is 2.78. The number of hydrogen-bond donors (Lipinski definition) is 0. The molecule has 0 atom stereocenters. The summed E-state index contributed by atoms with van der Waals surface area (Å²) in [5.74, 6) is 0. The van der Waals surface area contributed by atoms with Gasteiger partial charge in [0, 0.05) is 6.21 Å². The van der Waals surface area contributed by atoms with E-state index in [1.807, 2.05) is 24.3 Å². The van der Waals surface area contributed by atoms with Crippen molar-refractivity contribution >= 4 is 6.21 Å². The second-order valence-electron chi connectivity index (χ2n) is 1.79. The van der Waals surface area contributed by atoms with Crippen LogP contribution in [0, 0.1) is 0 Å². The van der Waals surface area contributed by atoms with Crippen LogP contribution < -0.4 is 0 Å². The molecule has 1 aliphatic heterocycles. The second kappa shape index (κ2) is 3.02. The van der Waals surface area contributed by atoms with Crippen LogP contribution in [0.15, 0.2) is 41.4 Å². The standard InChI is InChI=1S/C8H9N/c1-2-8-4-3-6-9-7-5-8/h2-5,7H,1,6H2. The van der Waals surface area contributed by atoms with Gasteiger partial charge >= 0.3 is 0 Å². The normalized spacial score (nSPS) is 16.7. The molecule has 9 heavy (non-hydrogen) atoms. The van der Waals surface area contributed by atoms with Gasteiger partial charge in [-0.25, -0.2) is 0 Å². The van der Waals surface area contributed by atoms with E-state index >= 15 is 0 Å². The van der Waals surface area contributed by atoms with Crippen molar-refractivity contribution in [3.8, 4) is 0 Å². The second-order valence-corrected chi connectivity index (χ2v) is 1.79. The van der Waals surface area contributed by atoms with Gasteiger partial charge in [-0.15, -0.1) is 0 Å². The van der Waals surface area contributed by atoms with E-state index < -0.39 is 0 Å². The zero-order valence-electron chi connectivity index (χ0n) is 5.25. The van der Waals surface area contributed by atoms with E-state index in [2.05, 4.69) is 11.6 Å². The molecule has 0 saturated carbocycles. The van der Waals surface area contributed by atoms with E-state index in [-0.39, 0.29) is 0 Å². The summed E-state index contributed by atoms with van der Waals surface area (Å²) in [6.07, 6.45) is 9.58. The fourth-order valence-corrected chi connectivity index (χ4v) is 0.641. The van der Waals surface area contributed by atoms with Crippen LogP contribution in [-0.2, 0) is 0 Å². The molecular formula is C8H9N. The molecule has 0 N–H and O–H groups in total. The summed E-state index contributed by atoms with van der Waals surface area (Å²) in [4.78, 5) is 4.03. The Hall–Kier alpha value is -1.11. The lowest BCUT2D eigenvalue weighted by Gasteiger charge is -1.83. The van der Waals surface area contributed by atoms with Gasteiger partial charge in [0.15, 0.2) is 0 Å². The molecule has 46 valence electrons. The maximum absolute atomic E-state index is 4.03. The lowest BCUT2D eigenvalue weighted by atomic mass is 10.2. The fraction of sp³-hybridized carbons (Fsp3) is 0.125. The van der Waals surface area contributed by atoms with Crippen LogP contribution in [0.25, 0.3) is 0 Å². The van der Waals surface area contributed by atoms with Crippen molar-refractivity contribution in [2.24, 2.45) is 4.99 Å². The van der Waals surface area contributed by atoms with Gasteiger partial charge in [0.25, 0.3) is 0 Å². The van der Waals surface area contributed by atoms with Gasteiger partial charge in [-0.1, -0.05) is 24.8 Å². The Morgan fingerprint density at radius 2 is 2.56 bits per heavy atom. The van der Waals surface area contributed by atoms with Crippen LogP contribution >= 0.6 is 0 Å². The van der Waals surface area contributed by atoms with Gasteiger partial charge in [-0.3, -0.25) is 4.99 Å². The predicted octanol–water partition coefficient (Wildman–Crippen LogP) is 1.74. The van der Waals surface area contributed by atoms with Crippen LogP contribution in [0.3, 0.4) is 0 Å². The monoisotopic (exact) mass is 119 g/mol. The van der Waals surface area contributed by atoms with E-state index in [0.717, 1.165) is 12.1 Å². The average molecular weight is 119 g/mol. The minimum Gasteiger partial charge on any atom is -0.289 e. The molecular weight excluding hydrogens is 110 g/mol. The molecule has 0 fully saturated rings. The van der Waals surface area contributed by atoms with E-state index in [0.29, 0.717) is 0 Å². The lowest BCUT2D eigenvalue weighted by Crippen LogP contribution is -1.67. The summed E-state index contributed by atoms with van der Waals surface area (Å²) in [6, 6.07) is 0. The first-order chi connectivity index (χ1) is 4.43. The number of rotatable bonds is 1. The SMILES string of the molecule is C=CC1=CC=NCC=C1. The average Bonchev–Trinajstić information content (AvgIpc) is 2.13. The highest BCUT2D eigenvalue weighted by Crippen LogP contribution is 1.98. The van der Waals surface area contributed by atoms with Gasteiger partial charge in [-0.05, 0) is 11.6 Å². The third-order valence-corrected chi connectivity index (χ3v) is 1.13. The molecule has 1 nitrogen and oxygen atoms in total. The van der Waals surface area contributed by atoms with Gasteiger partial charge in [0.05, 0.1) is 6.54 Å². The lowest BCUT2D eigenvalue weighted by molar-refractivity contribution is 1.26. The molecule has 0 aromatic carbocycles. The summed E-state index contributed by atoms with van der Waals surface area (Å²) in [7, 11) is 0. The molecule has 0 radical (unpaired) electrons. The Morgan fingerprint density at radius 1 is 1.67 bits per heavy atom. The number of nitrogens with zero attached hydrogens (tertiary/aromatic N) is 1. The molecule has 0 bridgehead atoms. The molecule has 1 heteroatoms. The molecule has 1 heterocycles. The van der Waals surface area contributed by atoms with Crippen LogP contribution in [0.2, 0.25) is 0 Å². The molecule has 0 aromatic heterocycles. The molecule has 0 spiro atoms. The predicted molar refractivity (Wildman–Crippen MR) is 40.8 cm³/mol. The molecule has 0 saturated heterocycles. The highest BCUT2D eigenvalue weighted by Gasteiger charge is 1.83. The van der Waals surface area contributed by atoms with Crippen LogP contribution in [0.1, 0.15) is 0 Å². The molecule has 0 amide bonds. The summed E-state index contributed by atoms with van der Waals surface area (Å²) in [5, 5.41) is 0. The fourth-order valence-electron chi connectivity index (χ4n) is 0.641. The maximum atomic E-state index is 4.03. The largest absolute Gasteiger partial charge is 0.289 e. The minimum absolute atomic E-state index is 0.786. The third-order valence-electron chi connectivity index (χ3n) is 1.13. The van der Waals surface area contributed by atoms with E-state index in [4.69, 9.17) is 0 Å². The van der Waals surface area contributed by atoms with Gasteiger partial charge in [0.2, 0.25) is 0 Å². The third kappa shape index (κ3) is 1.68. The summed E-state index contributed by atoms with van der Waals surface area (Å²) >= 11 is 0. The molecule has 1 aliphatic rings. The summed E-state index contributed by atoms with van der Waals surface area (Å²) < 4.78 is 0. The highest BCUT2D eigenvalue weighted by molar-refractivity contribution is 5.74. The molecule has 0 aliphatic carbocycles. The quantitative estimate of drug-likeness (QED) is 0.498. The first-order valence-corrected chi connectivity index (χ1v) is 2.92. The van der Waals surface area contributed by atoms with Crippen LogP contribution in [0.4, 0.5) is 0 Å².